The van der Waals surface area contributed by atoms with Crippen molar-refractivity contribution in [1.29, 1.82) is 0 Å². The Morgan fingerprint density at radius 2 is 1.81 bits per heavy atom. The van der Waals surface area contributed by atoms with Crippen LogP contribution in [0.4, 0.5) is 11.6 Å². The predicted molar refractivity (Wildman–Crippen MR) is 84.1 cm³/mol. The first-order valence-electron chi connectivity index (χ1n) is 7.22. The standard InChI is InChI=1S/C16H20N4O/c1-11-9-20(10-12(2)21-11)16-15(19-14(17)8-18-16)13-6-4-3-5-7-13/h3-8,11-12H,9-10H2,1-2H3,(H2,17,19). The molecule has 2 heterocycles. The maximum atomic E-state index is 5.83. The van der Waals surface area contributed by atoms with Crippen LogP contribution >= 0.6 is 0 Å². The number of benzene rings is 1. The first kappa shape index (κ1) is 13.8. The van der Waals surface area contributed by atoms with E-state index < -0.39 is 0 Å². The van der Waals surface area contributed by atoms with Gasteiger partial charge in [0.25, 0.3) is 0 Å². The fraction of sp³-hybridized carbons (Fsp3) is 0.375. The molecule has 1 fully saturated rings. The fourth-order valence-electron chi connectivity index (χ4n) is 2.77. The van der Waals surface area contributed by atoms with Crippen LogP contribution in [0.25, 0.3) is 11.3 Å². The predicted octanol–water partition coefficient (Wildman–Crippen LogP) is 2.34. The molecule has 0 radical (unpaired) electrons. The van der Waals surface area contributed by atoms with E-state index >= 15 is 0 Å². The third-order valence-electron chi connectivity index (χ3n) is 3.54. The molecule has 1 aromatic heterocycles. The van der Waals surface area contributed by atoms with Gasteiger partial charge in [0, 0.05) is 18.7 Å². The molecule has 2 aromatic rings. The van der Waals surface area contributed by atoms with Crippen LogP contribution in [0.5, 0.6) is 0 Å². The van der Waals surface area contributed by atoms with E-state index in [2.05, 4.69) is 28.7 Å². The molecule has 5 nitrogen and oxygen atoms in total. The molecule has 1 aliphatic rings. The number of nitrogen functional groups attached to an aromatic ring is 1. The van der Waals surface area contributed by atoms with Gasteiger partial charge in [0.05, 0.1) is 18.4 Å². The molecule has 1 aliphatic heterocycles. The number of rotatable bonds is 2. The van der Waals surface area contributed by atoms with Crippen LogP contribution in [0.15, 0.2) is 36.5 Å². The summed E-state index contributed by atoms with van der Waals surface area (Å²) >= 11 is 0. The van der Waals surface area contributed by atoms with E-state index in [1.54, 1.807) is 6.20 Å². The molecule has 21 heavy (non-hydrogen) atoms. The second-order valence-electron chi connectivity index (χ2n) is 5.50. The lowest BCUT2D eigenvalue weighted by Crippen LogP contribution is -2.46. The van der Waals surface area contributed by atoms with Crippen molar-refractivity contribution < 1.29 is 4.74 Å². The van der Waals surface area contributed by atoms with Gasteiger partial charge in [-0.15, -0.1) is 0 Å². The fourth-order valence-corrected chi connectivity index (χ4v) is 2.77. The molecule has 0 amide bonds. The summed E-state index contributed by atoms with van der Waals surface area (Å²) in [4.78, 5) is 11.3. The molecule has 1 saturated heterocycles. The van der Waals surface area contributed by atoms with Crippen LogP contribution in [0, 0.1) is 0 Å². The summed E-state index contributed by atoms with van der Waals surface area (Å²) in [6.45, 7) is 5.77. The van der Waals surface area contributed by atoms with Crippen LogP contribution in [-0.4, -0.2) is 35.3 Å². The molecule has 0 saturated carbocycles. The van der Waals surface area contributed by atoms with Gasteiger partial charge in [-0.1, -0.05) is 30.3 Å². The summed E-state index contributed by atoms with van der Waals surface area (Å²) in [5.41, 5.74) is 7.69. The summed E-state index contributed by atoms with van der Waals surface area (Å²) in [5, 5.41) is 0. The van der Waals surface area contributed by atoms with Gasteiger partial charge in [-0.25, -0.2) is 9.97 Å². The summed E-state index contributed by atoms with van der Waals surface area (Å²) in [5.74, 6) is 1.31. The summed E-state index contributed by atoms with van der Waals surface area (Å²) in [6, 6.07) is 10.0. The topological polar surface area (TPSA) is 64.3 Å². The van der Waals surface area contributed by atoms with E-state index in [1.165, 1.54) is 0 Å². The zero-order chi connectivity index (χ0) is 14.8. The number of hydrogen-bond donors (Lipinski definition) is 1. The third kappa shape index (κ3) is 2.97. The minimum atomic E-state index is 0.178. The highest BCUT2D eigenvalue weighted by atomic mass is 16.5. The lowest BCUT2D eigenvalue weighted by molar-refractivity contribution is -0.00543. The molecule has 2 unspecified atom stereocenters. The number of ether oxygens (including phenoxy) is 1. The van der Waals surface area contributed by atoms with Crippen LogP contribution in [0.3, 0.4) is 0 Å². The zero-order valence-corrected chi connectivity index (χ0v) is 12.4. The van der Waals surface area contributed by atoms with E-state index in [-0.39, 0.29) is 12.2 Å². The molecule has 110 valence electrons. The summed E-state index contributed by atoms with van der Waals surface area (Å²) < 4.78 is 5.79. The second-order valence-corrected chi connectivity index (χ2v) is 5.50. The minimum absolute atomic E-state index is 0.178. The van der Waals surface area contributed by atoms with Crippen LogP contribution in [-0.2, 0) is 4.74 Å². The molecule has 2 atom stereocenters. The van der Waals surface area contributed by atoms with Gasteiger partial charge >= 0.3 is 0 Å². The minimum Gasteiger partial charge on any atom is -0.382 e. The molecule has 0 bridgehead atoms. The first-order valence-corrected chi connectivity index (χ1v) is 7.22. The van der Waals surface area contributed by atoms with Gasteiger partial charge in [-0.3, -0.25) is 0 Å². The molecule has 0 aliphatic carbocycles. The van der Waals surface area contributed by atoms with Gasteiger partial charge in [0.15, 0.2) is 5.82 Å². The summed E-state index contributed by atoms with van der Waals surface area (Å²) in [7, 11) is 0. The molecule has 2 N–H and O–H groups in total. The van der Waals surface area contributed by atoms with Crippen molar-refractivity contribution >= 4 is 11.6 Å². The number of anilines is 2. The maximum Gasteiger partial charge on any atom is 0.155 e. The molecular weight excluding hydrogens is 264 g/mol. The van der Waals surface area contributed by atoms with Crippen molar-refractivity contribution in [2.75, 3.05) is 23.7 Å². The Kier molecular flexibility index (Phi) is 3.75. The Balaban J connectivity index is 2.02. The normalized spacial score (nSPS) is 22.3. The molecule has 5 heteroatoms. The van der Waals surface area contributed by atoms with Gasteiger partial charge < -0.3 is 15.4 Å². The molecule has 1 aromatic carbocycles. The van der Waals surface area contributed by atoms with Gasteiger partial charge in [-0.05, 0) is 13.8 Å². The Bertz CT molecular complexity index is 607. The van der Waals surface area contributed by atoms with Gasteiger partial charge in [-0.2, -0.15) is 0 Å². The van der Waals surface area contributed by atoms with Crippen molar-refractivity contribution in [3.05, 3.63) is 36.5 Å². The van der Waals surface area contributed by atoms with Crippen molar-refractivity contribution in [1.82, 2.24) is 9.97 Å². The molecular formula is C16H20N4O. The van der Waals surface area contributed by atoms with Crippen LogP contribution in [0.2, 0.25) is 0 Å². The number of aromatic nitrogens is 2. The smallest absolute Gasteiger partial charge is 0.155 e. The number of nitrogens with zero attached hydrogens (tertiary/aromatic N) is 3. The number of hydrogen-bond acceptors (Lipinski definition) is 5. The van der Waals surface area contributed by atoms with Crippen molar-refractivity contribution in [2.24, 2.45) is 0 Å². The Hall–Kier alpha value is -2.14. The monoisotopic (exact) mass is 284 g/mol. The lowest BCUT2D eigenvalue weighted by Gasteiger charge is -2.36. The van der Waals surface area contributed by atoms with E-state index in [1.807, 2.05) is 30.3 Å². The van der Waals surface area contributed by atoms with E-state index in [0.717, 1.165) is 30.2 Å². The van der Waals surface area contributed by atoms with Crippen molar-refractivity contribution in [3.8, 4) is 11.3 Å². The van der Waals surface area contributed by atoms with E-state index in [0.29, 0.717) is 5.82 Å². The Morgan fingerprint density at radius 1 is 1.14 bits per heavy atom. The van der Waals surface area contributed by atoms with Crippen molar-refractivity contribution in [2.45, 2.75) is 26.1 Å². The highest BCUT2D eigenvalue weighted by Crippen LogP contribution is 2.29. The van der Waals surface area contributed by atoms with E-state index in [9.17, 15) is 0 Å². The van der Waals surface area contributed by atoms with Crippen LogP contribution < -0.4 is 10.6 Å². The molecule has 0 spiro atoms. The number of nitrogens with two attached hydrogens (primary N) is 1. The molecule has 3 rings (SSSR count). The highest BCUT2D eigenvalue weighted by Gasteiger charge is 2.25. The van der Waals surface area contributed by atoms with Crippen molar-refractivity contribution in [3.63, 3.8) is 0 Å². The SMILES string of the molecule is CC1CN(c2ncc(N)nc2-c2ccccc2)CC(C)O1. The average Bonchev–Trinajstić information content (AvgIpc) is 2.47. The van der Waals surface area contributed by atoms with E-state index in [4.69, 9.17) is 10.5 Å². The maximum absolute atomic E-state index is 5.83. The third-order valence-corrected chi connectivity index (χ3v) is 3.54. The Morgan fingerprint density at radius 3 is 2.48 bits per heavy atom. The average molecular weight is 284 g/mol. The second kappa shape index (κ2) is 5.69. The largest absolute Gasteiger partial charge is 0.382 e. The number of morpholine rings is 1. The highest BCUT2D eigenvalue weighted by molar-refractivity contribution is 5.73. The van der Waals surface area contributed by atoms with Crippen LogP contribution in [0.1, 0.15) is 13.8 Å². The zero-order valence-electron chi connectivity index (χ0n) is 12.4. The first-order chi connectivity index (χ1) is 10.1. The quantitative estimate of drug-likeness (QED) is 0.917. The van der Waals surface area contributed by atoms with Gasteiger partial charge in [0.2, 0.25) is 0 Å². The lowest BCUT2D eigenvalue weighted by atomic mass is 10.1. The Labute approximate surface area is 124 Å². The summed E-state index contributed by atoms with van der Waals surface area (Å²) in [6.07, 6.45) is 1.97. The van der Waals surface area contributed by atoms with Gasteiger partial charge in [0.1, 0.15) is 11.5 Å².